The van der Waals surface area contributed by atoms with Gasteiger partial charge in [-0.1, -0.05) is 12.1 Å². The molecule has 5 nitrogen and oxygen atoms in total. The average Bonchev–Trinajstić information content (AvgIpc) is 3.05. The molecule has 22 heavy (non-hydrogen) atoms. The first-order chi connectivity index (χ1) is 10.9. The Bertz CT molecular complexity index is 1020. The number of hydrogen-bond donors (Lipinski definition) is 1. The van der Waals surface area contributed by atoms with Crippen LogP contribution in [0.15, 0.2) is 41.0 Å². The summed E-state index contributed by atoms with van der Waals surface area (Å²) in [6, 6.07) is 8.27. The van der Waals surface area contributed by atoms with Gasteiger partial charge >= 0.3 is 0 Å². The van der Waals surface area contributed by atoms with Crippen molar-refractivity contribution in [1.82, 2.24) is 20.2 Å². The monoisotopic (exact) mass is 305 g/mol. The summed E-state index contributed by atoms with van der Waals surface area (Å²) in [6.07, 6.45) is 3.70. The van der Waals surface area contributed by atoms with E-state index in [-0.39, 0.29) is 0 Å². The zero-order chi connectivity index (χ0) is 14.5. The van der Waals surface area contributed by atoms with Crippen LogP contribution in [0.25, 0.3) is 32.4 Å². The average molecular weight is 305 g/mol. The summed E-state index contributed by atoms with van der Waals surface area (Å²) in [7, 11) is 0. The summed E-state index contributed by atoms with van der Waals surface area (Å²) in [6.45, 7) is 0. The van der Waals surface area contributed by atoms with E-state index in [4.69, 9.17) is 9.98 Å². The molecule has 106 valence electrons. The number of para-hydroxylation sites is 1. The maximum Gasteiger partial charge on any atom is 0.161 e. The minimum atomic E-state index is 0.735. The topological polar surface area (TPSA) is 66.8 Å². The van der Waals surface area contributed by atoms with E-state index in [9.17, 15) is 0 Å². The molecule has 1 aromatic carbocycles. The molecule has 0 amide bonds. The lowest BCUT2D eigenvalue weighted by Gasteiger charge is -2.06. The molecule has 1 N–H and O–H groups in total. The molecule has 1 saturated carbocycles. The molecule has 5 rings (SSSR count). The van der Waals surface area contributed by atoms with E-state index in [0.29, 0.717) is 0 Å². The Morgan fingerprint density at radius 1 is 1.14 bits per heavy atom. The molecule has 1 aliphatic rings. The molecule has 1 fully saturated rings. The van der Waals surface area contributed by atoms with Gasteiger partial charge in [0.15, 0.2) is 11.6 Å². The molecule has 1 aliphatic carbocycles. The molecule has 3 heterocycles. The van der Waals surface area contributed by atoms with Gasteiger partial charge in [0.05, 0.1) is 5.52 Å². The molecule has 3 aromatic heterocycles. The second-order valence-corrected chi connectivity index (χ2v) is 6.23. The van der Waals surface area contributed by atoms with Crippen molar-refractivity contribution in [1.29, 1.82) is 0 Å². The van der Waals surface area contributed by atoms with Crippen LogP contribution in [0.2, 0.25) is 0 Å². The quantitative estimate of drug-likeness (QED) is 0.606. The lowest BCUT2D eigenvalue weighted by Crippen LogP contribution is -1.88. The highest BCUT2D eigenvalue weighted by Gasteiger charge is 2.17. The Balaban J connectivity index is 1.91. The number of nitrogens with zero attached hydrogens (tertiary/aromatic N) is 4. The molecule has 0 spiro atoms. The maximum atomic E-state index is 4.84. The molecular formula is C16H11N5S. The van der Waals surface area contributed by atoms with E-state index in [1.165, 1.54) is 16.7 Å². The third-order valence-electron chi connectivity index (χ3n) is 3.81. The van der Waals surface area contributed by atoms with Crippen LogP contribution in [0.5, 0.6) is 0 Å². The van der Waals surface area contributed by atoms with E-state index in [1.54, 1.807) is 11.3 Å². The van der Waals surface area contributed by atoms with Crippen molar-refractivity contribution in [2.75, 3.05) is 0 Å². The second kappa shape index (κ2) is 4.45. The van der Waals surface area contributed by atoms with Crippen molar-refractivity contribution in [2.45, 2.75) is 12.8 Å². The van der Waals surface area contributed by atoms with Gasteiger partial charge in [0.25, 0.3) is 0 Å². The maximum absolute atomic E-state index is 4.84. The molecule has 0 unspecified atom stereocenters. The highest BCUT2D eigenvalue weighted by molar-refractivity contribution is 7.18. The van der Waals surface area contributed by atoms with E-state index in [0.717, 1.165) is 46.3 Å². The van der Waals surface area contributed by atoms with Crippen molar-refractivity contribution in [3.8, 4) is 11.4 Å². The predicted octanol–water partition coefficient (Wildman–Crippen LogP) is 4.10. The molecule has 0 aliphatic heterocycles. The molecule has 6 heteroatoms. The molecule has 0 atom stereocenters. The van der Waals surface area contributed by atoms with Crippen molar-refractivity contribution in [3.63, 3.8) is 0 Å². The number of aromatic amines is 1. The Morgan fingerprint density at radius 2 is 2.09 bits per heavy atom. The van der Waals surface area contributed by atoms with Gasteiger partial charge < -0.3 is 0 Å². The van der Waals surface area contributed by atoms with Crippen molar-refractivity contribution in [3.05, 3.63) is 36.0 Å². The van der Waals surface area contributed by atoms with Gasteiger partial charge in [-0.3, -0.25) is 5.10 Å². The number of benzene rings is 1. The van der Waals surface area contributed by atoms with Crippen molar-refractivity contribution in [2.24, 2.45) is 4.99 Å². The van der Waals surface area contributed by atoms with E-state index >= 15 is 0 Å². The number of aromatic nitrogens is 4. The van der Waals surface area contributed by atoms with Crippen LogP contribution < -0.4 is 0 Å². The number of aliphatic imine (C=N–C) groups is 1. The van der Waals surface area contributed by atoms with Crippen molar-refractivity contribution >= 4 is 43.9 Å². The minimum absolute atomic E-state index is 0.735. The third-order valence-corrected chi connectivity index (χ3v) is 4.76. The van der Waals surface area contributed by atoms with Gasteiger partial charge in [0.1, 0.15) is 6.33 Å². The first-order valence-corrected chi connectivity index (χ1v) is 8.00. The van der Waals surface area contributed by atoms with E-state index in [2.05, 4.69) is 32.7 Å². The van der Waals surface area contributed by atoms with Crippen molar-refractivity contribution < 1.29 is 0 Å². The van der Waals surface area contributed by atoms with Crippen LogP contribution in [0.4, 0.5) is 5.82 Å². The molecule has 0 radical (unpaired) electrons. The number of H-pyrrole nitrogens is 1. The summed E-state index contributed by atoms with van der Waals surface area (Å²) >= 11 is 1.73. The summed E-state index contributed by atoms with van der Waals surface area (Å²) in [5, 5.41) is 11.2. The Kier molecular flexibility index (Phi) is 2.42. The van der Waals surface area contributed by atoms with Gasteiger partial charge in [0.2, 0.25) is 0 Å². The second-order valence-electron chi connectivity index (χ2n) is 5.31. The number of fused-ring (bicyclic) bond motifs is 3. The molecule has 0 saturated heterocycles. The van der Waals surface area contributed by atoms with Crippen LogP contribution in [0, 0.1) is 0 Å². The minimum Gasteiger partial charge on any atom is -0.259 e. The Morgan fingerprint density at radius 3 is 2.91 bits per heavy atom. The van der Waals surface area contributed by atoms with E-state index < -0.39 is 0 Å². The Labute approximate surface area is 129 Å². The van der Waals surface area contributed by atoms with Crippen LogP contribution >= 0.6 is 11.3 Å². The normalized spacial score (nSPS) is 13.9. The number of hydrogen-bond acceptors (Lipinski definition) is 5. The fraction of sp³-hybridized carbons (Fsp3) is 0.125. The number of pyridine rings is 1. The zero-order valence-electron chi connectivity index (χ0n) is 11.6. The molecule has 0 bridgehead atoms. The molecule has 4 aromatic rings. The van der Waals surface area contributed by atoms with Gasteiger partial charge in [-0.05, 0) is 30.4 Å². The predicted molar refractivity (Wildman–Crippen MR) is 88.8 cm³/mol. The summed E-state index contributed by atoms with van der Waals surface area (Å²) < 4.78 is 1.23. The number of rotatable bonds is 2. The third kappa shape index (κ3) is 1.77. The summed E-state index contributed by atoms with van der Waals surface area (Å²) in [5.41, 5.74) is 3.12. The lowest BCUT2D eigenvalue weighted by atomic mass is 10.1. The number of nitrogens with one attached hydrogen (secondary N) is 1. The SMILES string of the molecule is c1cc(-c2ncn[nH]2)c2nc(N=C3CC3)c3ccsc3c2c1. The van der Waals surface area contributed by atoms with Gasteiger partial charge in [-0.2, -0.15) is 5.10 Å². The summed E-state index contributed by atoms with van der Waals surface area (Å²) in [4.78, 5) is 13.8. The van der Waals surface area contributed by atoms with Gasteiger partial charge in [-0.25, -0.2) is 15.0 Å². The fourth-order valence-corrected chi connectivity index (χ4v) is 3.55. The first-order valence-electron chi connectivity index (χ1n) is 7.12. The first kappa shape index (κ1) is 12.0. The van der Waals surface area contributed by atoms with Gasteiger partial charge in [0, 0.05) is 26.7 Å². The van der Waals surface area contributed by atoms with Crippen LogP contribution in [0.1, 0.15) is 12.8 Å². The molecular weight excluding hydrogens is 294 g/mol. The summed E-state index contributed by atoms with van der Waals surface area (Å²) in [5.74, 6) is 1.56. The van der Waals surface area contributed by atoms with Crippen LogP contribution in [-0.4, -0.2) is 25.9 Å². The number of thiophene rings is 1. The van der Waals surface area contributed by atoms with Crippen LogP contribution in [0.3, 0.4) is 0 Å². The Hall–Kier alpha value is -2.60. The lowest BCUT2D eigenvalue weighted by molar-refractivity contribution is 1.10. The fourth-order valence-electron chi connectivity index (χ4n) is 2.64. The largest absolute Gasteiger partial charge is 0.259 e. The smallest absolute Gasteiger partial charge is 0.161 e. The highest BCUT2D eigenvalue weighted by Crippen LogP contribution is 2.38. The van der Waals surface area contributed by atoms with E-state index in [1.807, 2.05) is 12.1 Å². The standard InChI is InChI=1S/C16H11N5S/c1-2-10-13(11(3-1)15-17-8-18-21-15)20-16(19-9-4-5-9)12-6-7-22-14(10)12/h1-3,6-8H,4-5H2,(H,17,18,21). The highest BCUT2D eigenvalue weighted by atomic mass is 32.1. The zero-order valence-corrected chi connectivity index (χ0v) is 12.4. The van der Waals surface area contributed by atoms with Gasteiger partial charge in [-0.15, -0.1) is 11.3 Å². The van der Waals surface area contributed by atoms with Crippen LogP contribution in [-0.2, 0) is 0 Å².